The molecule has 28 heavy (non-hydrogen) atoms. The molecule has 0 aliphatic carbocycles. The van der Waals surface area contributed by atoms with E-state index in [4.69, 9.17) is 0 Å². The Morgan fingerprint density at radius 2 is 1.64 bits per heavy atom. The average molecular weight is 399 g/mol. The number of sulfonamides is 1. The van der Waals surface area contributed by atoms with Gasteiger partial charge in [0.2, 0.25) is 5.95 Å². The second-order valence-electron chi connectivity index (χ2n) is 5.39. The third-order valence-corrected chi connectivity index (χ3v) is 4.81. The van der Waals surface area contributed by atoms with E-state index in [0.29, 0.717) is 12.0 Å². The number of aromatic hydroxyl groups is 2. The van der Waals surface area contributed by atoms with Crippen LogP contribution in [0.15, 0.2) is 70.0 Å². The normalized spacial score (nSPS) is 11.4. The number of hydrogen-bond acceptors (Lipinski definition) is 9. The Hall–Kier alpha value is -3.86. The first kappa shape index (κ1) is 18.9. The summed E-state index contributed by atoms with van der Waals surface area (Å²) in [4.78, 5) is 18.4. The van der Waals surface area contributed by atoms with Gasteiger partial charge in [0.15, 0.2) is 6.29 Å². The molecular formula is C17H13N5O5S. The highest BCUT2D eigenvalue weighted by Crippen LogP contribution is 2.33. The number of aldehydes is 1. The Bertz CT molecular complexity index is 1130. The molecule has 0 spiro atoms. The highest BCUT2D eigenvalue weighted by atomic mass is 32.2. The number of nitrogens with one attached hydrogen (secondary N) is 1. The number of benzene rings is 2. The van der Waals surface area contributed by atoms with E-state index in [1.54, 1.807) is 6.07 Å². The van der Waals surface area contributed by atoms with Crippen LogP contribution in [0.4, 0.5) is 17.3 Å². The summed E-state index contributed by atoms with van der Waals surface area (Å²) >= 11 is 0. The molecule has 0 fully saturated rings. The van der Waals surface area contributed by atoms with Crippen molar-refractivity contribution in [2.45, 2.75) is 4.90 Å². The van der Waals surface area contributed by atoms with Crippen molar-refractivity contribution >= 4 is 33.6 Å². The SMILES string of the molecule is O=Cc1cc(N=Nc2ccc(S(=O)(=O)Nc3ncccn3)cc2)c(O)cc1O. The molecule has 3 rings (SSSR count). The molecule has 0 aliphatic heterocycles. The highest BCUT2D eigenvalue weighted by molar-refractivity contribution is 7.92. The lowest BCUT2D eigenvalue weighted by molar-refractivity contribution is 0.112. The van der Waals surface area contributed by atoms with Gasteiger partial charge in [0.05, 0.1) is 16.1 Å². The van der Waals surface area contributed by atoms with Crippen LogP contribution in [0.3, 0.4) is 0 Å². The van der Waals surface area contributed by atoms with Gasteiger partial charge in [-0.1, -0.05) is 0 Å². The Balaban J connectivity index is 1.79. The predicted octanol–water partition coefficient (Wildman–Crippen LogP) is 2.92. The summed E-state index contributed by atoms with van der Waals surface area (Å²) in [7, 11) is -3.87. The summed E-state index contributed by atoms with van der Waals surface area (Å²) in [6.45, 7) is 0. The van der Waals surface area contributed by atoms with Crippen molar-refractivity contribution < 1.29 is 23.4 Å². The highest BCUT2D eigenvalue weighted by Gasteiger charge is 2.15. The van der Waals surface area contributed by atoms with Gasteiger partial charge in [-0.2, -0.15) is 5.11 Å². The lowest BCUT2D eigenvalue weighted by atomic mass is 10.2. The number of azo groups is 1. The monoisotopic (exact) mass is 399 g/mol. The number of rotatable bonds is 6. The van der Waals surface area contributed by atoms with Crippen LogP contribution in [0.1, 0.15) is 10.4 Å². The second kappa shape index (κ2) is 7.80. The molecule has 1 heterocycles. The molecule has 0 aliphatic rings. The second-order valence-corrected chi connectivity index (χ2v) is 7.07. The molecule has 0 atom stereocenters. The van der Waals surface area contributed by atoms with Crippen LogP contribution in [-0.4, -0.2) is 34.9 Å². The van der Waals surface area contributed by atoms with Crippen LogP contribution >= 0.6 is 0 Å². The summed E-state index contributed by atoms with van der Waals surface area (Å²) in [6, 6.07) is 9.14. The van der Waals surface area contributed by atoms with E-state index in [1.807, 2.05) is 0 Å². The van der Waals surface area contributed by atoms with Crippen molar-refractivity contribution in [1.82, 2.24) is 9.97 Å². The van der Waals surface area contributed by atoms with Gasteiger partial charge in [-0.25, -0.2) is 23.1 Å². The van der Waals surface area contributed by atoms with Crippen LogP contribution in [0, 0.1) is 0 Å². The number of carbonyl (C=O) groups is 1. The smallest absolute Gasteiger partial charge is 0.264 e. The number of hydrogen-bond donors (Lipinski definition) is 3. The van der Waals surface area contributed by atoms with Crippen LogP contribution in [0.25, 0.3) is 0 Å². The molecule has 142 valence electrons. The van der Waals surface area contributed by atoms with Gasteiger partial charge >= 0.3 is 0 Å². The molecule has 0 radical (unpaired) electrons. The largest absolute Gasteiger partial charge is 0.507 e. The molecule has 0 bridgehead atoms. The van der Waals surface area contributed by atoms with E-state index >= 15 is 0 Å². The molecule has 0 amide bonds. The van der Waals surface area contributed by atoms with Crippen LogP contribution < -0.4 is 4.72 Å². The van der Waals surface area contributed by atoms with E-state index in [9.17, 15) is 23.4 Å². The van der Waals surface area contributed by atoms with Gasteiger partial charge in [-0.05, 0) is 36.4 Å². The van der Waals surface area contributed by atoms with E-state index in [0.717, 1.165) is 6.07 Å². The molecule has 0 saturated heterocycles. The number of anilines is 1. The van der Waals surface area contributed by atoms with E-state index in [1.165, 1.54) is 42.7 Å². The fraction of sp³-hybridized carbons (Fsp3) is 0. The van der Waals surface area contributed by atoms with E-state index in [2.05, 4.69) is 24.9 Å². The standard InChI is InChI=1S/C17H13N5O5S/c23-10-11-8-14(16(25)9-15(11)24)21-20-12-2-4-13(5-3-12)28(26,27)22-17-18-6-1-7-19-17/h1-10,24-25H,(H,18,19,22). The Morgan fingerprint density at radius 1 is 0.964 bits per heavy atom. The van der Waals surface area contributed by atoms with Gasteiger partial charge in [-0.3, -0.25) is 4.79 Å². The summed E-state index contributed by atoms with van der Waals surface area (Å²) < 4.78 is 26.9. The van der Waals surface area contributed by atoms with Crippen LogP contribution in [-0.2, 0) is 10.0 Å². The Labute approximate surface area is 159 Å². The molecular weight excluding hydrogens is 386 g/mol. The zero-order chi connectivity index (χ0) is 20.1. The maximum atomic E-state index is 12.3. The van der Waals surface area contributed by atoms with Gasteiger partial charge in [-0.15, -0.1) is 5.11 Å². The number of carbonyl (C=O) groups excluding carboxylic acids is 1. The third-order valence-electron chi connectivity index (χ3n) is 3.46. The molecule has 10 nitrogen and oxygen atoms in total. The van der Waals surface area contributed by atoms with Gasteiger partial charge in [0.1, 0.15) is 17.2 Å². The summed E-state index contributed by atoms with van der Waals surface area (Å²) in [5, 5.41) is 26.9. The lowest BCUT2D eigenvalue weighted by Crippen LogP contribution is -2.14. The topological polar surface area (TPSA) is 154 Å². The molecule has 0 unspecified atom stereocenters. The van der Waals surface area contributed by atoms with Crippen molar-refractivity contribution in [3.8, 4) is 11.5 Å². The predicted molar refractivity (Wildman–Crippen MR) is 98.6 cm³/mol. The molecule has 11 heteroatoms. The minimum Gasteiger partial charge on any atom is -0.507 e. The minimum atomic E-state index is -3.87. The molecule has 1 aromatic heterocycles. The molecule has 2 aromatic carbocycles. The number of phenolic OH excluding ortho intramolecular Hbond substituents is 2. The minimum absolute atomic E-state index is 0.0282. The van der Waals surface area contributed by atoms with Crippen LogP contribution in [0.2, 0.25) is 0 Å². The van der Waals surface area contributed by atoms with Crippen LogP contribution in [0.5, 0.6) is 11.5 Å². The van der Waals surface area contributed by atoms with Gasteiger partial charge < -0.3 is 10.2 Å². The van der Waals surface area contributed by atoms with Crippen molar-refractivity contribution in [3.05, 3.63) is 60.4 Å². The molecule has 3 aromatic rings. The summed E-state index contributed by atoms with van der Waals surface area (Å²) in [6.07, 6.45) is 3.23. The Kier molecular flexibility index (Phi) is 5.27. The molecule has 0 saturated carbocycles. The third kappa shape index (κ3) is 4.27. The number of phenols is 2. The maximum absolute atomic E-state index is 12.3. The molecule has 3 N–H and O–H groups in total. The maximum Gasteiger partial charge on any atom is 0.264 e. The van der Waals surface area contributed by atoms with Crippen molar-refractivity contribution in [2.75, 3.05) is 4.72 Å². The first-order valence-electron chi connectivity index (χ1n) is 7.72. The van der Waals surface area contributed by atoms with Gasteiger partial charge in [0, 0.05) is 18.5 Å². The van der Waals surface area contributed by atoms with Crippen molar-refractivity contribution in [2.24, 2.45) is 10.2 Å². The first-order valence-corrected chi connectivity index (χ1v) is 9.20. The summed E-state index contributed by atoms with van der Waals surface area (Å²) in [5.74, 6) is -0.797. The van der Waals surface area contributed by atoms with Crippen molar-refractivity contribution in [1.29, 1.82) is 0 Å². The van der Waals surface area contributed by atoms with E-state index in [-0.39, 0.29) is 33.6 Å². The lowest BCUT2D eigenvalue weighted by Gasteiger charge is -2.06. The fourth-order valence-corrected chi connectivity index (χ4v) is 3.05. The van der Waals surface area contributed by atoms with Crippen molar-refractivity contribution in [3.63, 3.8) is 0 Å². The number of nitrogens with zero attached hydrogens (tertiary/aromatic N) is 4. The summed E-state index contributed by atoms with van der Waals surface area (Å²) in [5.41, 5.74) is 0.219. The number of aromatic nitrogens is 2. The quantitative estimate of drug-likeness (QED) is 0.425. The average Bonchev–Trinajstić information content (AvgIpc) is 2.68. The first-order chi connectivity index (χ1) is 13.4. The zero-order valence-corrected chi connectivity index (χ0v) is 14.9. The zero-order valence-electron chi connectivity index (χ0n) is 14.1. The Morgan fingerprint density at radius 3 is 2.29 bits per heavy atom. The fourth-order valence-electron chi connectivity index (χ4n) is 2.09. The van der Waals surface area contributed by atoms with E-state index < -0.39 is 10.0 Å². The van der Waals surface area contributed by atoms with Gasteiger partial charge in [0.25, 0.3) is 10.0 Å².